The molecule has 6 nitrogen and oxygen atoms in total. The summed E-state index contributed by atoms with van der Waals surface area (Å²) in [5, 5.41) is 7.81. The number of aryl methyl sites for hydroxylation is 1. The SMILES string of the molecule is CC(c1ccccc1)c1cc(C(=O)NCCSc2nccn2C)on1. The van der Waals surface area contributed by atoms with Gasteiger partial charge in [-0.05, 0) is 5.56 Å². The lowest BCUT2D eigenvalue weighted by Gasteiger charge is -2.06. The van der Waals surface area contributed by atoms with Crippen LogP contribution in [0, 0.1) is 0 Å². The predicted molar refractivity (Wildman–Crippen MR) is 96.7 cm³/mol. The molecular formula is C18H20N4O2S. The third-order valence-electron chi connectivity index (χ3n) is 3.89. The normalized spacial score (nSPS) is 12.1. The molecule has 0 bridgehead atoms. The Bertz CT molecular complexity index is 828. The van der Waals surface area contributed by atoms with E-state index < -0.39 is 0 Å². The van der Waals surface area contributed by atoms with Crippen molar-refractivity contribution in [1.82, 2.24) is 20.0 Å². The van der Waals surface area contributed by atoms with E-state index in [2.05, 4.69) is 15.5 Å². The first-order valence-electron chi connectivity index (χ1n) is 8.05. The Morgan fingerprint density at radius 2 is 2.16 bits per heavy atom. The summed E-state index contributed by atoms with van der Waals surface area (Å²) in [4.78, 5) is 16.4. The number of carbonyl (C=O) groups excluding carboxylic acids is 1. The van der Waals surface area contributed by atoms with Crippen LogP contribution in [0.15, 0.2) is 58.5 Å². The summed E-state index contributed by atoms with van der Waals surface area (Å²) in [6.07, 6.45) is 3.65. The Labute approximate surface area is 150 Å². The van der Waals surface area contributed by atoms with Crippen molar-refractivity contribution >= 4 is 17.7 Å². The second-order valence-electron chi connectivity index (χ2n) is 5.67. The van der Waals surface area contributed by atoms with Gasteiger partial charge in [-0.25, -0.2) is 4.98 Å². The van der Waals surface area contributed by atoms with Crippen molar-refractivity contribution in [3.8, 4) is 0 Å². The molecule has 1 N–H and O–H groups in total. The van der Waals surface area contributed by atoms with Gasteiger partial charge in [-0.1, -0.05) is 54.2 Å². The lowest BCUT2D eigenvalue weighted by Crippen LogP contribution is -2.25. The Balaban J connectivity index is 1.51. The highest BCUT2D eigenvalue weighted by atomic mass is 32.2. The molecule has 0 saturated carbocycles. The van der Waals surface area contributed by atoms with Crippen LogP contribution in [-0.4, -0.2) is 32.9 Å². The summed E-state index contributed by atoms with van der Waals surface area (Å²) in [5.41, 5.74) is 1.88. The van der Waals surface area contributed by atoms with Crippen LogP contribution in [0.2, 0.25) is 0 Å². The first-order valence-corrected chi connectivity index (χ1v) is 9.03. The minimum absolute atomic E-state index is 0.0745. The Hall–Kier alpha value is -2.54. The number of carbonyl (C=O) groups is 1. The maximum absolute atomic E-state index is 12.2. The number of amides is 1. The molecule has 0 spiro atoms. The number of imidazole rings is 1. The fourth-order valence-electron chi connectivity index (χ4n) is 2.40. The molecule has 3 aromatic rings. The maximum atomic E-state index is 12.2. The van der Waals surface area contributed by atoms with Gasteiger partial charge >= 0.3 is 0 Å². The number of nitrogens with zero attached hydrogens (tertiary/aromatic N) is 3. The molecule has 1 amide bonds. The van der Waals surface area contributed by atoms with Crippen molar-refractivity contribution < 1.29 is 9.32 Å². The van der Waals surface area contributed by atoms with E-state index in [1.54, 1.807) is 24.0 Å². The third-order valence-corrected chi connectivity index (χ3v) is 4.95. The molecule has 0 aliphatic rings. The van der Waals surface area contributed by atoms with Crippen LogP contribution in [-0.2, 0) is 7.05 Å². The Morgan fingerprint density at radius 3 is 2.88 bits per heavy atom. The Morgan fingerprint density at radius 1 is 1.36 bits per heavy atom. The maximum Gasteiger partial charge on any atom is 0.289 e. The smallest absolute Gasteiger partial charge is 0.289 e. The summed E-state index contributed by atoms with van der Waals surface area (Å²) < 4.78 is 7.15. The molecule has 1 unspecified atom stereocenters. The molecule has 130 valence electrons. The summed E-state index contributed by atoms with van der Waals surface area (Å²) >= 11 is 1.59. The van der Waals surface area contributed by atoms with Crippen molar-refractivity contribution in [2.45, 2.75) is 18.0 Å². The van der Waals surface area contributed by atoms with Gasteiger partial charge in [0.1, 0.15) is 0 Å². The van der Waals surface area contributed by atoms with Crippen LogP contribution < -0.4 is 5.32 Å². The lowest BCUT2D eigenvalue weighted by atomic mass is 9.98. The van der Waals surface area contributed by atoms with E-state index in [1.165, 1.54) is 0 Å². The zero-order chi connectivity index (χ0) is 17.6. The molecule has 0 saturated heterocycles. The van der Waals surface area contributed by atoms with Gasteiger partial charge in [-0.15, -0.1) is 0 Å². The van der Waals surface area contributed by atoms with Gasteiger partial charge in [0.15, 0.2) is 5.16 Å². The summed E-state index contributed by atoms with van der Waals surface area (Å²) in [6.45, 7) is 2.57. The minimum Gasteiger partial charge on any atom is -0.351 e. The van der Waals surface area contributed by atoms with Crippen LogP contribution in [0.3, 0.4) is 0 Å². The molecule has 7 heteroatoms. The molecule has 2 heterocycles. The van der Waals surface area contributed by atoms with E-state index in [4.69, 9.17) is 4.52 Å². The summed E-state index contributed by atoms with van der Waals surface area (Å²) in [6, 6.07) is 11.7. The first kappa shape index (κ1) is 17.3. The van der Waals surface area contributed by atoms with E-state index >= 15 is 0 Å². The largest absolute Gasteiger partial charge is 0.351 e. The van der Waals surface area contributed by atoms with Gasteiger partial charge in [-0.2, -0.15) is 0 Å². The lowest BCUT2D eigenvalue weighted by molar-refractivity contribution is 0.0919. The molecule has 1 aromatic carbocycles. The minimum atomic E-state index is -0.251. The Kier molecular flexibility index (Phi) is 5.55. The molecular weight excluding hydrogens is 336 g/mol. The monoisotopic (exact) mass is 356 g/mol. The zero-order valence-electron chi connectivity index (χ0n) is 14.2. The first-order chi connectivity index (χ1) is 12.1. The van der Waals surface area contributed by atoms with Gasteiger partial charge in [0.25, 0.3) is 5.91 Å². The molecule has 1 atom stereocenters. The fourth-order valence-corrected chi connectivity index (χ4v) is 3.18. The highest BCUT2D eigenvalue weighted by Crippen LogP contribution is 2.23. The highest BCUT2D eigenvalue weighted by Gasteiger charge is 2.17. The van der Waals surface area contributed by atoms with E-state index in [-0.39, 0.29) is 17.6 Å². The molecule has 25 heavy (non-hydrogen) atoms. The average molecular weight is 356 g/mol. The number of thioether (sulfide) groups is 1. The van der Waals surface area contributed by atoms with E-state index in [9.17, 15) is 4.79 Å². The third kappa shape index (κ3) is 4.30. The average Bonchev–Trinajstić information content (AvgIpc) is 3.28. The van der Waals surface area contributed by atoms with Gasteiger partial charge in [-0.3, -0.25) is 4.79 Å². The van der Waals surface area contributed by atoms with Crippen LogP contribution >= 0.6 is 11.8 Å². The number of benzene rings is 1. The predicted octanol–water partition coefficient (Wildman–Crippen LogP) is 3.08. The molecule has 0 radical (unpaired) electrons. The topological polar surface area (TPSA) is 73.0 Å². The number of rotatable bonds is 7. The van der Waals surface area contributed by atoms with Crippen molar-refractivity contribution in [2.24, 2.45) is 7.05 Å². The highest BCUT2D eigenvalue weighted by molar-refractivity contribution is 7.99. The van der Waals surface area contributed by atoms with E-state index in [0.717, 1.165) is 22.2 Å². The van der Waals surface area contributed by atoms with E-state index in [1.807, 2.05) is 55.1 Å². The number of hydrogen-bond acceptors (Lipinski definition) is 5. The van der Waals surface area contributed by atoms with Gasteiger partial charge in [0, 0.05) is 43.7 Å². The number of nitrogens with one attached hydrogen (secondary N) is 1. The second-order valence-corrected chi connectivity index (χ2v) is 6.74. The van der Waals surface area contributed by atoms with Crippen molar-refractivity contribution in [1.29, 1.82) is 0 Å². The van der Waals surface area contributed by atoms with Gasteiger partial charge < -0.3 is 14.4 Å². The molecule has 0 fully saturated rings. The fraction of sp³-hybridized carbons (Fsp3) is 0.278. The van der Waals surface area contributed by atoms with Gasteiger partial charge in [0.05, 0.1) is 5.69 Å². The molecule has 3 rings (SSSR count). The van der Waals surface area contributed by atoms with Crippen LogP contribution in [0.25, 0.3) is 0 Å². The molecule has 0 aliphatic carbocycles. The van der Waals surface area contributed by atoms with Crippen LogP contribution in [0.1, 0.15) is 34.7 Å². The second kappa shape index (κ2) is 8.02. The van der Waals surface area contributed by atoms with Crippen LogP contribution in [0.4, 0.5) is 0 Å². The van der Waals surface area contributed by atoms with E-state index in [0.29, 0.717) is 6.54 Å². The standard InChI is InChI=1S/C18H20N4O2S/c1-13(14-6-4-3-5-7-14)15-12-16(24-21-15)17(23)19-9-11-25-18-20-8-10-22(18)2/h3-8,10,12-13H,9,11H2,1-2H3,(H,19,23). The zero-order valence-corrected chi connectivity index (χ0v) is 15.0. The van der Waals surface area contributed by atoms with Gasteiger partial charge in [0.2, 0.25) is 5.76 Å². The van der Waals surface area contributed by atoms with Crippen LogP contribution in [0.5, 0.6) is 0 Å². The summed E-state index contributed by atoms with van der Waals surface area (Å²) in [7, 11) is 1.94. The van der Waals surface area contributed by atoms with Crippen molar-refractivity contribution in [3.63, 3.8) is 0 Å². The summed E-state index contributed by atoms with van der Waals surface area (Å²) in [5.74, 6) is 0.794. The van der Waals surface area contributed by atoms with Crippen molar-refractivity contribution in [3.05, 3.63) is 65.8 Å². The quantitative estimate of drug-likeness (QED) is 0.520. The molecule has 0 aliphatic heterocycles. The molecule has 2 aromatic heterocycles. The number of hydrogen-bond donors (Lipinski definition) is 1. The van der Waals surface area contributed by atoms with Crippen molar-refractivity contribution in [2.75, 3.05) is 12.3 Å². The number of aromatic nitrogens is 3.